The van der Waals surface area contributed by atoms with E-state index < -0.39 is 0 Å². The molecule has 0 spiro atoms. The van der Waals surface area contributed by atoms with Crippen LogP contribution in [-0.4, -0.2) is 51.1 Å². The number of para-hydroxylation sites is 2. The Hall–Kier alpha value is -3.68. The number of methoxy groups -OCH3 is 1. The monoisotopic (exact) mass is 445 g/mol. The molecule has 8 heteroatoms. The molecule has 0 aliphatic carbocycles. The number of benzene rings is 2. The number of likely N-dealkylation sites (tertiary alicyclic amines) is 1. The maximum Gasteiger partial charge on any atom is 0.226 e. The van der Waals surface area contributed by atoms with Crippen LogP contribution in [0.25, 0.3) is 22.4 Å². The number of hydrogen-bond acceptors (Lipinski definition) is 6. The summed E-state index contributed by atoms with van der Waals surface area (Å²) in [5.74, 6) is 3.27. The summed E-state index contributed by atoms with van der Waals surface area (Å²) in [5, 5.41) is 4.06. The number of hydrogen-bond donors (Lipinski definition) is 1. The van der Waals surface area contributed by atoms with Gasteiger partial charge in [-0.15, -0.1) is 0 Å². The fourth-order valence-corrected chi connectivity index (χ4v) is 4.36. The highest BCUT2D eigenvalue weighted by Crippen LogP contribution is 2.27. The van der Waals surface area contributed by atoms with Gasteiger partial charge in [-0.05, 0) is 55.7 Å². The quantitative estimate of drug-likeness (QED) is 0.454. The topological polar surface area (TPSA) is 97.1 Å². The molecule has 2 aromatic heterocycles. The number of nitrogens with zero attached hydrogens (tertiary/aromatic N) is 4. The van der Waals surface area contributed by atoms with E-state index in [2.05, 4.69) is 15.1 Å². The largest absolute Gasteiger partial charge is 0.497 e. The third-order valence-corrected chi connectivity index (χ3v) is 6.17. The van der Waals surface area contributed by atoms with E-state index in [1.807, 2.05) is 53.4 Å². The molecule has 1 N–H and O–H groups in total. The fourth-order valence-electron chi connectivity index (χ4n) is 4.36. The summed E-state index contributed by atoms with van der Waals surface area (Å²) in [7, 11) is 1.63. The first-order chi connectivity index (χ1) is 16.2. The van der Waals surface area contributed by atoms with Gasteiger partial charge in [-0.2, -0.15) is 4.98 Å². The molecule has 0 radical (unpaired) electrons. The number of fused-ring (bicyclic) bond motifs is 1. The molecule has 0 saturated carbocycles. The molecule has 0 bridgehead atoms. The third-order valence-electron chi connectivity index (χ3n) is 6.17. The van der Waals surface area contributed by atoms with Crippen molar-refractivity contribution < 1.29 is 14.1 Å². The predicted molar refractivity (Wildman–Crippen MR) is 124 cm³/mol. The highest BCUT2D eigenvalue weighted by atomic mass is 16.5. The van der Waals surface area contributed by atoms with Crippen molar-refractivity contribution in [1.29, 1.82) is 0 Å². The molecule has 1 aliphatic heterocycles. The fraction of sp³-hybridized carbons (Fsp3) is 0.360. The van der Waals surface area contributed by atoms with Gasteiger partial charge in [0.1, 0.15) is 11.6 Å². The van der Waals surface area contributed by atoms with Gasteiger partial charge in [-0.25, -0.2) is 4.98 Å². The van der Waals surface area contributed by atoms with Crippen LogP contribution in [0.5, 0.6) is 5.75 Å². The van der Waals surface area contributed by atoms with Crippen LogP contribution in [-0.2, 0) is 11.2 Å². The summed E-state index contributed by atoms with van der Waals surface area (Å²) in [4.78, 5) is 27.4. The molecule has 1 saturated heterocycles. The van der Waals surface area contributed by atoms with Gasteiger partial charge >= 0.3 is 0 Å². The minimum Gasteiger partial charge on any atom is -0.497 e. The molecule has 3 heterocycles. The van der Waals surface area contributed by atoms with Gasteiger partial charge in [-0.3, -0.25) is 4.79 Å². The summed E-state index contributed by atoms with van der Waals surface area (Å²) in [6.07, 6.45) is 3.75. The Morgan fingerprint density at radius 2 is 2.03 bits per heavy atom. The van der Waals surface area contributed by atoms with E-state index >= 15 is 0 Å². The van der Waals surface area contributed by atoms with Gasteiger partial charge in [0, 0.05) is 37.4 Å². The predicted octanol–water partition coefficient (Wildman–Crippen LogP) is 4.35. The van der Waals surface area contributed by atoms with E-state index in [9.17, 15) is 4.79 Å². The van der Waals surface area contributed by atoms with Crippen molar-refractivity contribution >= 4 is 16.9 Å². The van der Waals surface area contributed by atoms with Crippen molar-refractivity contribution in [3.8, 4) is 17.1 Å². The number of rotatable bonds is 7. The van der Waals surface area contributed by atoms with Crippen LogP contribution in [0.3, 0.4) is 0 Å². The molecule has 170 valence electrons. The van der Waals surface area contributed by atoms with Crippen LogP contribution in [0.4, 0.5) is 0 Å². The highest BCUT2D eigenvalue weighted by molar-refractivity contribution is 5.77. The number of carbonyl (C=O) groups excluding carboxylic acids is 1. The molecule has 1 amide bonds. The number of piperidine rings is 1. The molecule has 4 aromatic rings. The number of amides is 1. The smallest absolute Gasteiger partial charge is 0.226 e. The van der Waals surface area contributed by atoms with Crippen molar-refractivity contribution in [1.82, 2.24) is 25.0 Å². The number of ether oxygens (including phenoxy) is 1. The second-order valence-electron chi connectivity index (χ2n) is 8.41. The number of carbonyl (C=O) groups is 1. The van der Waals surface area contributed by atoms with Crippen molar-refractivity contribution in [2.45, 2.75) is 38.0 Å². The molecular weight excluding hydrogens is 418 g/mol. The van der Waals surface area contributed by atoms with Crippen LogP contribution in [0.15, 0.2) is 53.1 Å². The molecule has 1 fully saturated rings. The Bertz CT molecular complexity index is 1200. The lowest BCUT2D eigenvalue weighted by Crippen LogP contribution is -2.39. The van der Waals surface area contributed by atoms with Gasteiger partial charge in [0.15, 0.2) is 0 Å². The number of imidazole rings is 1. The highest BCUT2D eigenvalue weighted by Gasteiger charge is 2.26. The van der Waals surface area contributed by atoms with Crippen LogP contribution < -0.4 is 4.74 Å². The van der Waals surface area contributed by atoms with Crippen LogP contribution in [0.2, 0.25) is 0 Å². The van der Waals surface area contributed by atoms with E-state index in [1.165, 1.54) is 0 Å². The molecule has 1 unspecified atom stereocenters. The number of aryl methyl sites for hydroxylation is 1. The van der Waals surface area contributed by atoms with Crippen LogP contribution in [0.1, 0.15) is 43.3 Å². The maximum atomic E-state index is 12.8. The summed E-state index contributed by atoms with van der Waals surface area (Å²) >= 11 is 0. The van der Waals surface area contributed by atoms with E-state index in [-0.39, 0.29) is 11.8 Å². The molecule has 2 aromatic carbocycles. The van der Waals surface area contributed by atoms with E-state index in [1.54, 1.807) is 7.11 Å². The van der Waals surface area contributed by atoms with E-state index in [4.69, 9.17) is 14.2 Å². The first-order valence-electron chi connectivity index (χ1n) is 11.4. The first kappa shape index (κ1) is 21.2. The summed E-state index contributed by atoms with van der Waals surface area (Å²) in [6.45, 7) is 1.51. The lowest BCUT2D eigenvalue weighted by atomic mass is 9.97. The van der Waals surface area contributed by atoms with Crippen LogP contribution >= 0.6 is 0 Å². The van der Waals surface area contributed by atoms with Crippen molar-refractivity contribution in [3.63, 3.8) is 0 Å². The Balaban J connectivity index is 1.14. The van der Waals surface area contributed by atoms with Gasteiger partial charge in [0.05, 0.1) is 18.1 Å². The number of aromatic amines is 1. The zero-order valence-corrected chi connectivity index (χ0v) is 18.7. The summed E-state index contributed by atoms with van der Waals surface area (Å²) in [6, 6.07) is 15.6. The van der Waals surface area contributed by atoms with E-state index in [0.29, 0.717) is 37.5 Å². The van der Waals surface area contributed by atoms with Crippen molar-refractivity contribution in [2.75, 3.05) is 20.2 Å². The Kier molecular flexibility index (Phi) is 6.06. The van der Waals surface area contributed by atoms with Crippen LogP contribution in [0, 0.1) is 0 Å². The second-order valence-corrected chi connectivity index (χ2v) is 8.41. The lowest BCUT2D eigenvalue weighted by Gasteiger charge is -2.32. The number of nitrogens with one attached hydrogen (secondary N) is 1. The van der Waals surface area contributed by atoms with Crippen molar-refractivity contribution in [3.05, 3.63) is 60.2 Å². The first-order valence-corrected chi connectivity index (χ1v) is 11.4. The SMILES string of the molecule is COc1ccc(-c2noc(CCCC(=O)N3CCCC(c4nc5ccccc5[nH]4)C3)n2)cc1. The summed E-state index contributed by atoms with van der Waals surface area (Å²) < 4.78 is 10.6. The number of H-pyrrole nitrogens is 1. The average molecular weight is 446 g/mol. The Morgan fingerprint density at radius 1 is 1.18 bits per heavy atom. The standard InChI is InChI=1S/C25H27N5O3/c1-32-19-13-11-17(12-14-19)25-28-22(33-29-25)9-4-10-23(31)30-15-5-6-18(16-30)24-26-20-7-2-3-8-21(20)27-24/h2-3,7-8,11-14,18H,4-6,9-10,15-16H2,1H3,(H,26,27). The molecule has 8 nitrogen and oxygen atoms in total. The van der Waals surface area contributed by atoms with Gasteiger partial charge in [0.2, 0.25) is 17.6 Å². The summed E-state index contributed by atoms with van der Waals surface area (Å²) in [5.41, 5.74) is 2.89. The second kappa shape index (κ2) is 9.44. The number of aromatic nitrogens is 4. The maximum absolute atomic E-state index is 12.8. The van der Waals surface area contributed by atoms with Gasteiger partial charge < -0.3 is 19.1 Å². The molecule has 33 heavy (non-hydrogen) atoms. The minimum atomic E-state index is 0.172. The van der Waals surface area contributed by atoms with Crippen molar-refractivity contribution in [2.24, 2.45) is 0 Å². The zero-order chi connectivity index (χ0) is 22.6. The molecule has 5 rings (SSSR count). The normalized spacial score (nSPS) is 16.3. The Labute approximate surface area is 192 Å². The zero-order valence-electron chi connectivity index (χ0n) is 18.7. The molecular formula is C25H27N5O3. The average Bonchev–Trinajstić information content (AvgIpc) is 3.51. The van der Waals surface area contributed by atoms with Gasteiger partial charge in [-0.1, -0.05) is 17.3 Å². The lowest BCUT2D eigenvalue weighted by molar-refractivity contribution is -0.132. The minimum absolute atomic E-state index is 0.172. The molecule has 1 aliphatic rings. The third kappa shape index (κ3) is 4.74. The van der Waals surface area contributed by atoms with E-state index in [0.717, 1.165) is 47.6 Å². The molecule has 1 atom stereocenters. The van der Waals surface area contributed by atoms with Gasteiger partial charge in [0.25, 0.3) is 0 Å². The Morgan fingerprint density at radius 3 is 2.85 bits per heavy atom.